The van der Waals surface area contributed by atoms with Gasteiger partial charge >= 0.3 is 0 Å². The Labute approximate surface area is 151 Å². The molecule has 0 spiro atoms. The van der Waals surface area contributed by atoms with Gasteiger partial charge in [-0.1, -0.05) is 37.3 Å². The van der Waals surface area contributed by atoms with Crippen LogP contribution in [-0.4, -0.2) is 22.2 Å². The highest BCUT2D eigenvalue weighted by Gasteiger charge is 2.25. The van der Waals surface area contributed by atoms with Crippen molar-refractivity contribution in [2.24, 2.45) is 5.10 Å². The molecule has 2 aliphatic heterocycles. The molecule has 0 saturated carbocycles. The Kier molecular flexibility index (Phi) is 3.35. The number of nitrogens with zero attached hydrogens (tertiary/aromatic N) is 3. The zero-order valence-corrected chi connectivity index (χ0v) is 14.8. The molecule has 0 bridgehead atoms. The average molecular weight is 345 g/mol. The van der Waals surface area contributed by atoms with Gasteiger partial charge in [0.05, 0.1) is 17.1 Å². The first-order chi connectivity index (χ1) is 12.7. The lowest BCUT2D eigenvalue weighted by atomic mass is 9.95. The molecule has 5 rings (SSSR count). The summed E-state index contributed by atoms with van der Waals surface area (Å²) in [6.45, 7) is 4.48. The molecule has 0 radical (unpaired) electrons. The Morgan fingerprint density at radius 2 is 1.85 bits per heavy atom. The molecule has 0 amide bonds. The third kappa shape index (κ3) is 2.24. The Morgan fingerprint density at radius 1 is 1.08 bits per heavy atom. The molecule has 0 unspecified atom stereocenters. The fourth-order valence-electron chi connectivity index (χ4n) is 3.67. The van der Waals surface area contributed by atoms with Crippen LogP contribution in [0.3, 0.4) is 0 Å². The van der Waals surface area contributed by atoms with Crippen LogP contribution in [0.25, 0.3) is 0 Å². The Hall–Kier alpha value is -3.08. The van der Waals surface area contributed by atoms with Crippen LogP contribution in [0, 0.1) is 6.92 Å². The maximum atomic E-state index is 5.61. The second-order valence-corrected chi connectivity index (χ2v) is 6.58. The fraction of sp³-hybridized carbons (Fsp3) is 0.238. The van der Waals surface area contributed by atoms with E-state index in [9.17, 15) is 0 Å². The number of benzene rings is 2. The third-order valence-electron chi connectivity index (χ3n) is 5.03. The van der Waals surface area contributed by atoms with E-state index in [1.165, 1.54) is 0 Å². The molecule has 0 saturated heterocycles. The van der Waals surface area contributed by atoms with Crippen molar-refractivity contribution in [3.8, 4) is 11.5 Å². The van der Waals surface area contributed by atoms with Crippen LogP contribution >= 0.6 is 0 Å². The number of hydrogen-bond acceptors (Lipinski definition) is 4. The van der Waals surface area contributed by atoms with Gasteiger partial charge in [-0.25, -0.2) is 9.66 Å². The lowest BCUT2D eigenvalue weighted by Crippen LogP contribution is -2.07. The summed E-state index contributed by atoms with van der Waals surface area (Å²) in [5.74, 6) is 2.53. The molecule has 26 heavy (non-hydrogen) atoms. The summed E-state index contributed by atoms with van der Waals surface area (Å²) in [6, 6.07) is 14.4. The normalized spacial score (nSPS) is 14.5. The largest absolute Gasteiger partial charge is 0.454 e. The van der Waals surface area contributed by atoms with E-state index in [4.69, 9.17) is 19.6 Å². The van der Waals surface area contributed by atoms with Crippen molar-refractivity contribution < 1.29 is 9.47 Å². The van der Waals surface area contributed by atoms with Crippen molar-refractivity contribution >= 4 is 5.71 Å². The Morgan fingerprint density at radius 3 is 2.62 bits per heavy atom. The van der Waals surface area contributed by atoms with Crippen LogP contribution in [0.15, 0.2) is 47.6 Å². The summed E-state index contributed by atoms with van der Waals surface area (Å²) in [7, 11) is 0. The molecule has 0 aliphatic carbocycles. The van der Waals surface area contributed by atoms with E-state index in [1.807, 2.05) is 28.9 Å². The van der Waals surface area contributed by atoms with Gasteiger partial charge in [0.15, 0.2) is 11.5 Å². The van der Waals surface area contributed by atoms with E-state index in [0.717, 1.165) is 57.5 Å². The minimum atomic E-state index is 0.268. The standard InChI is InChI=1S/C21H19N3O2/c1-3-17-13(2)24-20(22-17)10-15-9-18-19(26-12-25-18)11-16(15)21(23-24)14-7-5-4-6-8-14/h4-9,11H,3,10,12H2,1-2H3. The molecule has 0 fully saturated rings. The van der Waals surface area contributed by atoms with Gasteiger partial charge in [0.1, 0.15) is 5.82 Å². The third-order valence-corrected chi connectivity index (χ3v) is 5.03. The summed E-state index contributed by atoms with van der Waals surface area (Å²) in [6.07, 6.45) is 1.61. The Bertz CT molecular complexity index is 1040. The molecule has 1 aromatic heterocycles. The molecule has 5 heteroatoms. The van der Waals surface area contributed by atoms with Crippen LogP contribution in [0.4, 0.5) is 0 Å². The van der Waals surface area contributed by atoms with Crippen LogP contribution in [0.1, 0.15) is 40.8 Å². The quantitative estimate of drug-likeness (QED) is 0.557. The lowest BCUT2D eigenvalue weighted by molar-refractivity contribution is 0.174. The van der Waals surface area contributed by atoms with Gasteiger partial charge in [0.25, 0.3) is 0 Å². The summed E-state index contributed by atoms with van der Waals surface area (Å²) in [4.78, 5) is 4.83. The number of imidazole rings is 1. The average Bonchev–Trinajstić information content (AvgIpc) is 3.19. The van der Waals surface area contributed by atoms with E-state index in [-0.39, 0.29) is 6.79 Å². The van der Waals surface area contributed by atoms with E-state index in [0.29, 0.717) is 6.42 Å². The second kappa shape index (κ2) is 5.73. The highest BCUT2D eigenvalue weighted by atomic mass is 16.7. The van der Waals surface area contributed by atoms with Gasteiger partial charge in [0.2, 0.25) is 6.79 Å². The smallest absolute Gasteiger partial charge is 0.231 e. The molecule has 3 heterocycles. The first-order valence-corrected chi connectivity index (χ1v) is 8.89. The van der Waals surface area contributed by atoms with Crippen molar-refractivity contribution in [1.82, 2.24) is 9.66 Å². The van der Waals surface area contributed by atoms with Crippen molar-refractivity contribution in [3.63, 3.8) is 0 Å². The summed E-state index contributed by atoms with van der Waals surface area (Å²) in [5.41, 5.74) is 6.43. The predicted octanol–water partition coefficient (Wildman–Crippen LogP) is 3.69. The lowest BCUT2D eigenvalue weighted by Gasteiger charge is -2.11. The number of aryl methyl sites for hydroxylation is 1. The van der Waals surface area contributed by atoms with Crippen molar-refractivity contribution in [2.45, 2.75) is 26.7 Å². The maximum Gasteiger partial charge on any atom is 0.231 e. The number of rotatable bonds is 2. The zero-order valence-electron chi connectivity index (χ0n) is 14.8. The monoisotopic (exact) mass is 345 g/mol. The molecule has 2 aromatic carbocycles. The number of aromatic nitrogens is 2. The van der Waals surface area contributed by atoms with Crippen LogP contribution < -0.4 is 9.47 Å². The van der Waals surface area contributed by atoms with E-state index in [2.05, 4.69) is 32.0 Å². The molecule has 0 N–H and O–H groups in total. The minimum Gasteiger partial charge on any atom is -0.454 e. The highest BCUT2D eigenvalue weighted by molar-refractivity contribution is 6.14. The summed E-state index contributed by atoms with van der Waals surface area (Å²) >= 11 is 0. The minimum absolute atomic E-state index is 0.268. The molecule has 0 atom stereocenters. The Balaban J connectivity index is 1.79. The van der Waals surface area contributed by atoms with Crippen LogP contribution in [0.5, 0.6) is 11.5 Å². The molecular formula is C21H19N3O2. The summed E-state index contributed by atoms with van der Waals surface area (Å²) in [5, 5.41) is 5.02. The second-order valence-electron chi connectivity index (χ2n) is 6.58. The van der Waals surface area contributed by atoms with Gasteiger partial charge in [-0.2, -0.15) is 5.10 Å². The number of hydrogen-bond donors (Lipinski definition) is 0. The molecular weight excluding hydrogens is 326 g/mol. The number of fused-ring (bicyclic) bond motifs is 3. The van der Waals surface area contributed by atoms with Crippen LogP contribution in [0.2, 0.25) is 0 Å². The van der Waals surface area contributed by atoms with Crippen molar-refractivity contribution in [3.05, 3.63) is 76.4 Å². The van der Waals surface area contributed by atoms with Crippen LogP contribution in [-0.2, 0) is 12.8 Å². The summed E-state index contributed by atoms with van der Waals surface area (Å²) < 4.78 is 13.2. The zero-order chi connectivity index (χ0) is 17.7. The molecule has 130 valence electrons. The van der Waals surface area contributed by atoms with E-state index >= 15 is 0 Å². The van der Waals surface area contributed by atoms with Gasteiger partial charge in [0, 0.05) is 17.5 Å². The molecule has 2 aliphatic rings. The van der Waals surface area contributed by atoms with E-state index in [1.54, 1.807) is 0 Å². The topological polar surface area (TPSA) is 48.6 Å². The van der Waals surface area contributed by atoms with Gasteiger partial charge in [-0.3, -0.25) is 0 Å². The maximum absolute atomic E-state index is 5.61. The highest BCUT2D eigenvalue weighted by Crippen LogP contribution is 2.37. The molecule has 5 nitrogen and oxygen atoms in total. The van der Waals surface area contributed by atoms with Gasteiger partial charge < -0.3 is 9.47 Å². The van der Waals surface area contributed by atoms with Crippen molar-refractivity contribution in [2.75, 3.05) is 6.79 Å². The molecule has 3 aromatic rings. The number of ether oxygens (including phenoxy) is 2. The first kappa shape index (κ1) is 15.2. The van der Waals surface area contributed by atoms with Crippen molar-refractivity contribution in [1.29, 1.82) is 0 Å². The first-order valence-electron chi connectivity index (χ1n) is 8.89. The van der Waals surface area contributed by atoms with E-state index < -0.39 is 0 Å². The SMILES string of the molecule is CCc1nc2n(c1C)N=C(c1ccccc1)c1cc3c(cc1C2)OCO3. The fourth-order valence-corrected chi connectivity index (χ4v) is 3.67. The van der Waals surface area contributed by atoms with Gasteiger partial charge in [-0.15, -0.1) is 0 Å². The van der Waals surface area contributed by atoms with Gasteiger partial charge in [-0.05, 0) is 31.0 Å². The predicted molar refractivity (Wildman–Crippen MR) is 99.2 cm³/mol.